The molecule has 0 fully saturated rings. The first-order valence-electron chi connectivity index (χ1n) is 5.17. The zero-order chi connectivity index (χ0) is 10.4. The van der Waals surface area contributed by atoms with E-state index in [9.17, 15) is 4.39 Å². The molecule has 0 spiro atoms. The van der Waals surface area contributed by atoms with Crippen molar-refractivity contribution in [2.75, 3.05) is 13.1 Å². The highest BCUT2D eigenvalue weighted by Gasteiger charge is 2.02. The standard InChI is InChI=1S/C12H18FN/c1-3-14-9-10(2)8-11-4-6-12(13)7-5-11/h4-7,10,14H,3,8-9H2,1-2H3. The van der Waals surface area contributed by atoms with Crippen LogP contribution in [0.2, 0.25) is 0 Å². The molecule has 0 bridgehead atoms. The van der Waals surface area contributed by atoms with Crippen LogP contribution in [0.1, 0.15) is 19.4 Å². The van der Waals surface area contributed by atoms with E-state index in [0.29, 0.717) is 5.92 Å². The zero-order valence-corrected chi connectivity index (χ0v) is 8.89. The SMILES string of the molecule is CCNCC(C)Cc1ccc(F)cc1. The van der Waals surface area contributed by atoms with Gasteiger partial charge in [0.25, 0.3) is 0 Å². The lowest BCUT2D eigenvalue weighted by Crippen LogP contribution is -2.21. The van der Waals surface area contributed by atoms with Gasteiger partial charge in [-0.3, -0.25) is 0 Å². The minimum Gasteiger partial charge on any atom is -0.317 e. The molecule has 78 valence electrons. The maximum Gasteiger partial charge on any atom is 0.123 e. The van der Waals surface area contributed by atoms with Crippen LogP contribution in [0.15, 0.2) is 24.3 Å². The van der Waals surface area contributed by atoms with Gasteiger partial charge in [-0.25, -0.2) is 4.39 Å². The van der Waals surface area contributed by atoms with Crippen LogP contribution in [-0.4, -0.2) is 13.1 Å². The van der Waals surface area contributed by atoms with Crippen LogP contribution in [0.4, 0.5) is 4.39 Å². The molecule has 0 saturated heterocycles. The second-order valence-corrected chi connectivity index (χ2v) is 3.74. The summed E-state index contributed by atoms with van der Waals surface area (Å²) in [7, 11) is 0. The van der Waals surface area contributed by atoms with Crippen molar-refractivity contribution in [1.29, 1.82) is 0 Å². The Kier molecular flexibility index (Phi) is 4.60. The first kappa shape index (κ1) is 11.2. The van der Waals surface area contributed by atoms with Gasteiger partial charge >= 0.3 is 0 Å². The third-order valence-corrected chi connectivity index (χ3v) is 2.24. The number of hydrogen-bond donors (Lipinski definition) is 1. The number of rotatable bonds is 5. The van der Waals surface area contributed by atoms with E-state index >= 15 is 0 Å². The largest absolute Gasteiger partial charge is 0.317 e. The fourth-order valence-corrected chi connectivity index (χ4v) is 1.49. The topological polar surface area (TPSA) is 12.0 Å². The minimum atomic E-state index is -0.159. The monoisotopic (exact) mass is 195 g/mol. The molecule has 1 unspecified atom stereocenters. The first-order chi connectivity index (χ1) is 6.72. The van der Waals surface area contributed by atoms with Crippen molar-refractivity contribution >= 4 is 0 Å². The first-order valence-corrected chi connectivity index (χ1v) is 5.17. The average Bonchev–Trinajstić information content (AvgIpc) is 2.18. The minimum absolute atomic E-state index is 0.159. The fraction of sp³-hybridized carbons (Fsp3) is 0.500. The summed E-state index contributed by atoms with van der Waals surface area (Å²) in [4.78, 5) is 0. The molecular formula is C12H18FN. The summed E-state index contributed by atoms with van der Waals surface area (Å²) < 4.78 is 12.6. The molecule has 0 saturated carbocycles. The Hall–Kier alpha value is -0.890. The van der Waals surface area contributed by atoms with Gasteiger partial charge in [0.15, 0.2) is 0 Å². The van der Waals surface area contributed by atoms with Crippen LogP contribution in [-0.2, 0) is 6.42 Å². The summed E-state index contributed by atoms with van der Waals surface area (Å²) in [6.45, 7) is 6.33. The lowest BCUT2D eigenvalue weighted by Gasteiger charge is -2.11. The van der Waals surface area contributed by atoms with Crippen LogP contribution in [0.3, 0.4) is 0 Å². The summed E-state index contributed by atoms with van der Waals surface area (Å²) in [5.74, 6) is 0.438. The van der Waals surface area contributed by atoms with E-state index in [1.165, 1.54) is 17.7 Å². The highest BCUT2D eigenvalue weighted by atomic mass is 19.1. The van der Waals surface area contributed by atoms with Crippen molar-refractivity contribution in [2.45, 2.75) is 20.3 Å². The van der Waals surface area contributed by atoms with Gasteiger partial charge in [-0.1, -0.05) is 26.0 Å². The van der Waals surface area contributed by atoms with Crippen molar-refractivity contribution in [3.8, 4) is 0 Å². The molecule has 0 aliphatic carbocycles. The van der Waals surface area contributed by atoms with Crippen molar-refractivity contribution in [3.05, 3.63) is 35.6 Å². The Labute approximate surface area is 85.3 Å². The van der Waals surface area contributed by atoms with Crippen molar-refractivity contribution in [1.82, 2.24) is 5.32 Å². The van der Waals surface area contributed by atoms with Crippen LogP contribution < -0.4 is 5.32 Å². The Morgan fingerprint density at radius 2 is 1.93 bits per heavy atom. The molecule has 1 atom stereocenters. The summed E-state index contributed by atoms with van der Waals surface area (Å²) in [5.41, 5.74) is 1.21. The molecule has 1 aromatic carbocycles. The second kappa shape index (κ2) is 5.76. The Bertz CT molecular complexity index is 256. The molecule has 1 aromatic rings. The van der Waals surface area contributed by atoms with Gasteiger partial charge in [0.05, 0.1) is 0 Å². The quantitative estimate of drug-likeness (QED) is 0.761. The van der Waals surface area contributed by atoms with E-state index in [2.05, 4.69) is 19.2 Å². The lowest BCUT2D eigenvalue weighted by molar-refractivity contribution is 0.521. The molecule has 0 aromatic heterocycles. The van der Waals surface area contributed by atoms with Gasteiger partial charge < -0.3 is 5.32 Å². The van der Waals surface area contributed by atoms with Crippen molar-refractivity contribution in [3.63, 3.8) is 0 Å². The molecule has 0 heterocycles. The third-order valence-electron chi connectivity index (χ3n) is 2.24. The van der Waals surface area contributed by atoms with E-state index in [0.717, 1.165) is 19.5 Å². The van der Waals surface area contributed by atoms with Crippen molar-refractivity contribution < 1.29 is 4.39 Å². The molecule has 0 aliphatic heterocycles. The highest BCUT2D eigenvalue weighted by Crippen LogP contribution is 2.08. The average molecular weight is 195 g/mol. The van der Waals surface area contributed by atoms with E-state index in [4.69, 9.17) is 0 Å². The third kappa shape index (κ3) is 3.88. The normalized spacial score (nSPS) is 12.8. The Balaban J connectivity index is 2.39. The predicted molar refractivity (Wildman–Crippen MR) is 57.8 cm³/mol. The molecule has 1 nitrogen and oxygen atoms in total. The predicted octanol–water partition coefficient (Wildman–Crippen LogP) is 2.61. The molecule has 0 aliphatic rings. The van der Waals surface area contributed by atoms with E-state index in [1.807, 2.05) is 12.1 Å². The smallest absolute Gasteiger partial charge is 0.123 e. The van der Waals surface area contributed by atoms with Gasteiger partial charge in [0.2, 0.25) is 0 Å². The Morgan fingerprint density at radius 1 is 1.29 bits per heavy atom. The maximum absolute atomic E-state index is 12.6. The molecule has 1 N–H and O–H groups in total. The van der Waals surface area contributed by atoms with Crippen LogP contribution in [0, 0.1) is 11.7 Å². The molecule has 2 heteroatoms. The van der Waals surface area contributed by atoms with Gasteiger partial charge in [-0.05, 0) is 43.1 Å². The fourth-order valence-electron chi connectivity index (χ4n) is 1.49. The van der Waals surface area contributed by atoms with Gasteiger partial charge in [-0.2, -0.15) is 0 Å². The lowest BCUT2D eigenvalue weighted by atomic mass is 10.0. The number of halogens is 1. The summed E-state index contributed by atoms with van der Waals surface area (Å²) in [5, 5.41) is 3.31. The van der Waals surface area contributed by atoms with Crippen LogP contribution >= 0.6 is 0 Å². The summed E-state index contributed by atoms with van der Waals surface area (Å²) in [6, 6.07) is 6.76. The molecule has 1 rings (SSSR count). The van der Waals surface area contributed by atoms with Crippen LogP contribution in [0.25, 0.3) is 0 Å². The molecular weight excluding hydrogens is 177 g/mol. The molecule has 0 radical (unpaired) electrons. The zero-order valence-electron chi connectivity index (χ0n) is 8.89. The maximum atomic E-state index is 12.6. The number of hydrogen-bond acceptors (Lipinski definition) is 1. The van der Waals surface area contributed by atoms with Gasteiger partial charge in [0, 0.05) is 0 Å². The summed E-state index contributed by atoms with van der Waals surface area (Å²) in [6.07, 6.45) is 1.01. The molecule has 0 amide bonds. The Morgan fingerprint density at radius 3 is 2.50 bits per heavy atom. The second-order valence-electron chi connectivity index (χ2n) is 3.74. The van der Waals surface area contributed by atoms with E-state index in [-0.39, 0.29) is 5.82 Å². The van der Waals surface area contributed by atoms with Crippen LogP contribution in [0.5, 0.6) is 0 Å². The van der Waals surface area contributed by atoms with Crippen molar-refractivity contribution in [2.24, 2.45) is 5.92 Å². The summed E-state index contributed by atoms with van der Waals surface area (Å²) >= 11 is 0. The highest BCUT2D eigenvalue weighted by molar-refractivity contribution is 5.16. The number of benzene rings is 1. The van der Waals surface area contributed by atoms with E-state index in [1.54, 1.807) is 0 Å². The van der Waals surface area contributed by atoms with E-state index < -0.39 is 0 Å². The molecule has 14 heavy (non-hydrogen) atoms. The number of nitrogens with one attached hydrogen (secondary N) is 1. The van der Waals surface area contributed by atoms with Gasteiger partial charge in [-0.15, -0.1) is 0 Å². The van der Waals surface area contributed by atoms with Gasteiger partial charge in [0.1, 0.15) is 5.82 Å².